The molecule has 0 aliphatic carbocycles. The number of Topliss-reactive ketones (excluding diaryl/α,β-unsaturated/α-hetero) is 1. The first kappa shape index (κ1) is 20.8. The zero-order valence-electron chi connectivity index (χ0n) is 16.1. The molecule has 32 heavy (non-hydrogen) atoms. The minimum absolute atomic E-state index is 0.0436. The number of nitro benzene ring substituents is 1. The van der Waals surface area contributed by atoms with E-state index in [9.17, 15) is 33.6 Å². The number of amides is 1. The van der Waals surface area contributed by atoms with Gasteiger partial charge in [0.2, 0.25) is 0 Å². The van der Waals surface area contributed by atoms with Gasteiger partial charge in [-0.2, -0.15) is 0 Å². The van der Waals surface area contributed by atoms with Crippen molar-refractivity contribution in [2.45, 2.75) is 6.04 Å². The number of halogens is 2. The quantitative estimate of drug-likeness (QED) is 0.218. The number of carbonyl (C=O) groups is 2. The number of nitrogens with zero attached hydrogens (tertiary/aromatic N) is 3. The topological polar surface area (TPSA) is 114 Å². The van der Waals surface area contributed by atoms with Crippen LogP contribution in [0.1, 0.15) is 17.2 Å². The summed E-state index contributed by atoms with van der Waals surface area (Å²) in [5, 5.41) is 21.8. The van der Waals surface area contributed by atoms with Gasteiger partial charge in [-0.15, -0.1) is 0 Å². The molecule has 1 aliphatic rings. The predicted octanol–water partition coefficient (Wildman–Crippen LogP) is 3.89. The number of anilines is 1. The lowest BCUT2D eigenvalue weighted by Crippen LogP contribution is -2.30. The first-order valence-electron chi connectivity index (χ1n) is 9.20. The average molecular weight is 437 g/mol. The van der Waals surface area contributed by atoms with E-state index in [2.05, 4.69) is 4.98 Å². The number of hydrogen-bond donors (Lipinski definition) is 1. The van der Waals surface area contributed by atoms with Crippen LogP contribution in [0.2, 0.25) is 0 Å². The van der Waals surface area contributed by atoms with Gasteiger partial charge in [0.05, 0.1) is 22.2 Å². The van der Waals surface area contributed by atoms with Crippen LogP contribution in [-0.2, 0) is 9.59 Å². The molecule has 2 heterocycles. The van der Waals surface area contributed by atoms with Crippen molar-refractivity contribution in [1.82, 2.24) is 4.98 Å². The van der Waals surface area contributed by atoms with Gasteiger partial charge >= 0.3 is 0 Å². The van der Waals surface area contributed by atoms with Gasteiger partial charge in [-0.25, -0.2) is 8.78 Å². The number of carbonyl (C=O) groups excluding carboxylic acids is 2. The molecule has 1 unspecified atom stereocenters. The molecule has 1 aromatic heterocycles. The van der Waals surface area contributed by atoms with Crippen LogP contribution in [0.3, 0.4) is 0 Å². The molecule has 1 saturated heterocycles. The molecule has 1 fully saturated rings. The van der Waals surface area contributed by atoms with Crippen LogP contribution in [0.4, 0.5) is 20.2 Å². The molecule has 2 aromatic carbocycles. The average Bonchev–Trinajstić information content (AvgIpc) is 3.04. The molecular weight excluding hydrogens is 424 g/mol. The fraction of sp³-hybridized carbons (Fsp3) is 0.0455. The van der Waals surface area contributed by atoms with Gasteiger partial charge in [0, 0.05) is 36.2 Å². The first-order chi connectivity index (χ1) is 15.3. The third-order valence-corrected chi connectivity index (χ3v) is 4.97. The molecule has 0 radical (unpaired) electrons. The van der Waals surface area contributed by atoms with E-state index in [4.69, 9.17) is 0 Å². The number of non-ortho nitro benzene ring substituents is 1. The fourth-order valence-electron chi connectivity index (χ4n) is 3.51. The maximum atomic E-state index is 14.6. The Morgan fingerprint density at radius 3 is 2.41 bits per heavy atom. The number of pyridine rings is 1. The van der Waals surface area contributed by atoms with Crippen molar-refractivity contribution in [2.24, 2.45) is 0 Å². The van der Waals surface area contributed by atoms with Gasteiger partial charge in [-0.1, -0.05) is 6.07 Å². The van der Waals surface area contributed by atoms with Crippen molar-refractivity contribution in [3.63, 3.8) is 0 Å². The van der Waals surface area contributed by atoms with Crippen LogP contribution in [0, 0.1) is 21.7 Å². The Bertz CT molecular complexity index is 1280. The van der Waals surface area contributed by atoms with Crippen LogP contribution >= 0.6 is 0 Å². The summed E-state index contributed by atoms with van der Waals surface area (Å²) < 4.78 is 28.0. The van der Waals surface area contributed by atoms with E-state index in [1.165, 1.54) is 36.7 Å². The summed E-state index contributed by atoms with van der Waals surface area (Å²) in [5.74, 6) is -4.77. The van der Waals surface area contributed by atoms with Crippen molar-refractivity contribution in [2.75, 3.05) is 4.90 Å². The standard InChI is InChI=1S/C22H13F2N3O5/c23-14-5-8-17(16(24)10-14)26-19(13-2-1-9-25-11-13)18(21(29)22(26)30)20(28)12-3-6-15(7-4-12)27(31)32/h1-11,19,28H/b20-18+. The van der Waals surface area contributed by atoms with Crippen molar-refractivity contribution in [3.8, 4) is 0 Å². The maximum Gasteiger partial charge on any atom is 0.300 e. The molecule has 3 aromatic rings. The molecule has 4 rings (SSSR count). The fourth-order valence-corrected chi connectivity index (χ4v) is 3.51. The van der Waals surface area contributed by atoms with E-state index in [0.29, 0.717) is 11.6 Å². The molecule has 0 bridgehead atoms. The highest BCUT2D eigenvalue weighted by Crippen LogP contribution is 2.42. The summed E-state index contributed by atoms with van der Waals surface area (Å²) >= 11 is 0. The molecule has 10 heteroatoms. The second kappa shape index (κ2) is 7.99. The van der Waals surface area contributed by atoms with E-state index < -0.39 is 40.0 Å². The van der Waals surface area contributed by atoms with Crippen molar-refractivity contribution < 1.29 is 28.4 Å². The summed E-state index contributed by atoms with van der Waals surface area (Å²) in [5.41, 5.74) is -0.620. The van der Waals surface area contributed by atoms with Gasteiger partial charge in [-0.05, 0) is 35.9 Å². The predicted molar refractivity (Wildman–Crippen MR) is 108 cm³/mol. The third-order valence-electron chi connectivity index (χ3n) is 4.97. The van der Waals surface area contributed by atoms with Gasteiger partial charge in [0.1, 0.15) is 17.4 Å². The Labute approximate surface area is 179 Å². The highest BCUT2D eigenvalue weighted by molar-refractivity contribution is 6.51. The number of hydrogen-bond acceptors (Lipinski definition) is 6. The maximum absolute atomic E-state index is 14.6. The van der Waals surface area contributed by atoms with E-state index >= 15 is 0 Å². The van der Waals surface area contributed by atoms with Crippen LogP contribution in [-0.4, -0.2) is 26.7 Å². The second-order valence-electron chi connectivity index (χ2n) is 6.86. The molecule has 0 spiro atoms. The lowest BCUT2D eigenvalue weighted by Gasteiger charge is -2.25. The lowest BCUT2D eigenvalue weighted by atomic mass is 9.96. The number of aromatic nitrogens is 1. The monoisotopic (exact) mass is 437 g/mol. The Morgan fingerprint density at radius 1 is 1.09 bits per heavy atom. The molecular formula is C22H13F2N3O5. The van der Waals surface area contributed by atoms with Crippen LogP contribution in [0.25, 0.3) is 5.76 Å². The molecule has 1 N–H and O–H groups in total. The van der Waals surface area contributed by atoms with Crippen molar-refractivity contribution in [3.05, 3.63) is 105 Å². The van der Waals surface area contributed by atoms with E-state index in [1.54, 1.807) is 0 Å². The number of nitro groups is 1. The Morgan fingerprint density at radius 2 is 1.81 bits per heavy atom. The Hall–Kier alpha value is -4.47. The largest absolute Gasteiger partial charge is 0.507 e. The number of ketones is 1. The Kier molecular flexibility index (Phi) is 5.19. The van der Waals surface area contributed by atoms with Crippen LogP contribution < -0.4 is 4.90 Å². The van der Waals surface area contributed by atoms with Gasteiger partial charge in [-0.3, -0.25) is 29.6 Å². The zero-order chi connectivity index (χ0) is 23.0. The summed E-state index contributed by atoms with van der Waals surface area (Å²) in [4.78, 5) is 40.8. The molecule has 8 nitrogen and oxygen atoms in total. The Balaban J connectivity index is 1.92. The zero-order valence-corrected chi connectivity index (χ0v) is 16.1. The molecule has 160 valence electrons. The second-order valence-corrected chi connectivity index (χ2v) is 6.86. The summed E-state index contributed by atoms with van der Waals surface area (Å²) in [7, 11) is 0. The van der Waals surface area contributed by atoms with Crippen LogP contribution in [0.15, 0.2) is 72.6 Å². The minimum Gasteiger partial charge on any atom is -0.507 e. The molecule has 1 amide bonds. The SMILES string of the molecule is O=C1C(=O)N(c2ccc(F)cc2F)C(c2cccnc2)/C1=C(\O)c1ccc([N+](=O)[O-])cc1. The lowest BCUT2D eigenvalue weighted by molar-refractivity contribution is -0.384. The van der Waals surface area contributed by atoms with E-state index in [-0.39, 0.29) is 22.5 Å². The normalized spacial score (nSPS) is 17.6. The van der Waals surface area contributed by atoms with Gasteiger partial charge in [0.25, 0.3) is 17.4 Å². The highest BCUT2D eigenvalue weighted by atomic mass is 19.1. The first-order valence-corrected chi connectivity index (χ1v) is 9.20. The number of aliphatic hydroxyl groups excluding tert-OH is 1. The number of aliphatic hydroxyl groups is 1. The molecule has 1 aliphatic heterocycles. The minimum atomic E-state index is -1.26. The number of benzene rings is 2. The summed E-state index contributed by atoms with van der Waals surface area (Å²) in [6.45, 7) is 0. The summed E-state index contributed by atoms with van der Waals surface area (Å²) in [6.07, 6.45) is 2.79. The van der Waals surface area contributed by atoms with Crippen molar-refractivity contribution >= 4 is 28.8 Å². The van der Waals surface area contributed by atoms with Gasteiger partial charge < -0.3 is 5.11 Å². The summed E-state index contributed by atoms with van der Waals surface area (Å²) in [6, 6.07) is 9.03. The highest BCUT2D eigenvalue weighted by Gasteiger charge is 2.47. The third kappa shape index (κ3) is 3.47. The van der Waals surface area contributed by atoms with Crippen molar-refractivity contribution in [1.29, 1.82) is 0 Å². The van der Waals surface area contributed by atoms with Gasteiger partial charge in [0.15, 0.2) is 0 Å². The van der Waals surface area contributed by atoms with E-state index in [0.717, 1.165) is 29.2 Å². The smallest absolute Gasteiger partial charge is 0.300 e. The van der Waals surface area contributed by atoms with Crippen LogP contribution in [0.5, 0.6) is 0 Å². The number of rotatable bonds is 4. The molecule has 1 atom stereocenters. The van der Waals surface area contributed by atoms with E-state index in [1.807, 2.05) is 0 Å². The molecule has 0 saturated carbocycles.